The van der Waals surface area contributed by atoms with Crippen LogP contribution < -0.4 is 9.47 Å². The summed E-state index contributed by atoms with van der Waals surface area (Å²) >= 11 is 0. The fourth-order valence-electron chi connectivity index (χ4n) is 6.08. The van der Waals surface area contributed by atoms with Gasteiger partial charge in [-0.15, -0.1) is 0 Å². The summed E-state index contributed by atoms with van der Waals surface area (Å²) in [4.78, 5) is 0. The minimum absolute atomic E-state index is 0.352. The zero-order chi connectivity index (χ0) is 31.8. The van der Waals surface area contributed by atoms with Crippen molar-refractivity contribution in [2.24, 2.45) is 10.8 Å². The van der Waals surface area contributed by atoms with Crippen molar-refractivity contribution in [1.82, 2.24) is 0 Å². The Morgan fingerprint density at radius 2 is 1.04 bits per heavy atom. The number of rotatable bonds is 8. The molecule has 6 rings (SSSR count). The highest BCUT2D eigenvalue weighted by molar-refractivity contribution is 5.67. The van der Waals surface area contributed by atoms with Gasteiger partial charge in [0.15, 0.2) is 0 Å². The molecule has 0 atom stereocenters. The highest BCUT2D eigenvalue weighted by atomic mass is 16.5. The van der Waals surface area contributed by atoms with Crippen molar-refractivity contribution in [3.8, 4) is 11.5 Å². The summed E-state index contributed by atoms with van der Waals surface area (Å²) in [5.41, 5.74) is 6.32. The zero-order valence-corrected chi connectivity index (χ0v) is 27.6. The third-order valence-corrected chi connectivity index (χ3v) is 9.52. The first-order chi connectivity index (χ1) is 21.6. The fourth-order valence-corrected chi connectivity index (χ4v) is 6.08. The first-order valence-electron chi connectivity index (χ1n) is 16.6. The molecule has 0 unspecified atom stereocenters. The quantitative estimate of drug-likeness (QED) is 0.218. The molecular weight excluding hydrogens is 552 g/mol. The van der Waals surface area contributed by atoms with E-state index in [-0.39, 0.29) is 0 Å². The van der Waals surface area contributed by atoms with Crippen LogP contribution in [0.25, 0.3) is 5.57 Å². The van der Waals surface area contributed by atoms with Crippen LogP contribution in [-0.4, -0.2) is 5.11 Å². The predicted octanol–water partition coefficient (Wildman–Crippen LogP) is 10.9. The van der Waals surface area contributed by atoms with Crippen LogP contribution in [0, 0.1) is 10.8 Å². The van der Waals surface area contributed by atoms with Crippen molar-refractivity contribution < 1.29 is 14.6 Å². The third kappa shape index (κ3) is 9.58. The van der Waals surface area contributed by atoms with Gasteiger partial charge >= 0.3 is 0 Å². The molecule has 4 aromatic carbocycles. The average molecular weight is 603 g/mol. The summed E-state index contributed by atoms with van der Waals surface area (Å²) in [6, 6.07) is 36.9. The molecule has 45 heavy (non-hydrogen) atoms. The summed E-state index contributed by atoms with van der Waals surface area (Å²) in [6.45, 7) is 10.5. The number of aliphatic hydroxyl groups is 1. The van der Waals surface area contributed by atoms with Crippen molar-refractivity contribution >= 4 is 5.57 Å². The van der Waals surface area contributed by atoms with Gasteiger partial charge in [-0.3, -0.25) is 0 Å². The van der Waals surface area contributed by atoms with E-state index in [1.54, 1.807) is 0 Å². The lowest BCUT2D eigenvalue weighted by Crippen LogP contribution is -2.34. The summed E-state index contributed by atoms with van der Waals surface area (Å²) < 4.78 is 11.7. The molecule has 0 bridgehead atoms. The van der Waals surface area contributed by atoms with Gasteiger partial charge in [0.25, 0.3) is 0 Å². The molecule has 0 saturated heterocycles. The Bertz CT molecular complexity index is 1490. The van der Waals surface area contributed by atoms with Gasteiger partial charge in [0.05, 0.1) is 5.60 Å². The molecule has 1 saturated carbocycles. The van der Waals surface area contributed by atoms with E-state index in [9.17, 15) is 5.11 Å². The molecule has 0 heterocycles. The lowest BCUT2D eigenvalue weighted by atomic mass is 9.69. The molecule has 3 heteroatoms. The van der Waals surface area contributed by atoms with Crippen molar-refractivity contribution in [1.29, 1.82) is 0 Å². The minimum atomic E-state index is -0.673. The van der Waals surface area contributed by atoms with Gasteiger partial charge in [-0.2, -0.15) is 0 Å². The zero-order valence-electron chi connectivity index (χ0n) is 27.6. The van der Waals surface area contributed by atoms with Gasteiger partial charge in [0, 0.05) is 0 Å². The van der Waals surface area contributed by atoms with E-state index < -0.39 is 5.60 Å². The summed E-state index contributed by atoms with van der Waals surface area (Å²) in [5, 5.41) is 10.9. The van der Waals surface area contributed by atoms with Gasteiger partial charge in [-0.1, -0.05) is 119 Å². The summed E-state index contributed by atoms with van der Waals surface area (Å²) in [5.74, 6) is 1.78. The van der Waals surface area contributed by atoms with Gasteiger partial charge in [-0.25, -0.2) is 0 Å². The lowest BCUT2D eigenvalue weighted by molar-refractivity contribution is -0.0305. The number of allylic oxidation sites excluding steroid dienone is 2. The van der Waals surface area contributed by atoms with E-state index >= 15 is 0 Å². The third-order valence-electron chi connectivity index (χ3n) is 9.52. The fraction of sp³-hybridized carbons (Fsp3) is 0.381. The molecule has 4 aromatic rings. The van der Waals surface area contributed by atoms with Crippen LogP contribution in [0.15, 0.2) is 115 Å². The summed E-state index contributed by atoms with van der Waals surface area (Å²) in [6.07, 6.45) is 9.83. The Kier molecular flexibility index (Phi) is 10.5. The van der Waals surface area contributed by atoms with Gasteiger partial charge in [0.2, 0.25) is 0 Å². The first kappa shape index (κ1) is 32.6. The molecule has 0 amide bonds. The van der Waals surface area contributed by atoms with E-state index in [1.807, 2.05) is 60.7 Å². The SMILES string of the molecule is CC1(C)CC=C(c2ccc(OCc3ccccc3)cc2)CC1.CC1(C)CCC(O)(c2ccc(OCc3ccccc3)cc2)CC1. The molecule has 0 aliphatic heterocycles. The molecule has 1 N–H and O–H groups in total. The number of ether oxygens (including phenoxy) is 2. The maximum atomic E-state index is 10.9. The second-order valence-corrected chi connectivity index (χ2v) is 14.4. The topological polar surface area (TPSA) is 38.7 Å². The van der Waals surface area contributed by atoms with Crippen LogP contribution >= 0.6 is 0 Å². The monoisotopic (exact) mass is 602 g/mol. The Morgan fingerprint density at radius 3 is 1.51 bits per heavy atom. The normalized spacial score (nSPS) is 18.1. The maximum absolute atomic E-state index is 10.9. The van der Waals surface area contributed by atoms with Crippen LogP contribution in [0.2, 0.25) is 0 Å². The molecule has 1 fully saturated rings. The van der Waals surface area contributed by atoms with Crippen LogP contribution in [0.5, 0.6) is 11.5 Å². The van der Waals surface area contributed by atoms with Crippen LogP contribution in [0.3, 0.4) is 0 Å². The van der Waals surface area contributed by atoms with E-state index in [0.717, 1.165) is 48.3 Å². The largest absolute Gasteiger partial charge is 0.489 e. The average Bonchev–Trinajstić information content (AvgIpc) is 3.06. The minimum Gasteiger partial charge on any atom is -0.489 e. The van der Waals surface area contributed by atoms with E-state index in [2.05, 4.69) is 82.3 Å². The van der Waals surface area contributed by atoms with Crippen LogP contribution in [0.4, 0.5) is 0 Å². The molecular formula is C42H50O3. The van der Waals surface area contributed by atoms with Gasteiger partial charge in [-0.05, 0) is 108 Å². The molecule has 3 nitrogen and oxygen atoms in total. The molecule has 2 aliphatic carbocycles. The smallest absolute Gasteiger partial charge is 0.119 e. The molecule has 2 aliphatic rings. The predicted molar refractivity (Wildman–Crippen MR) is 186 cm³/mol. The summed E-state index contributed by atoms with van der Waals surface area (Å²) in [7, 11) is 0. The number of hydrogen-bond acceptors (Lipinski definition) is 3. The first-order valence-corrected chi connectivity index (χ1v) is 16.6. The van der Waals surface area contributed by atoms with Crippen molar-refractivity contribution in [2.75, 3.05) is 0 Å². The Morgan fingerprint density at radius 1 is 0.556 bits per heavy atom. The highest BCUT2D eigenvalue weighted by Gasteiger charge is 2.37. The standard InChI is InChI=1S/C21H26O2.C21H24O/c1-20(2)12-14-21(22,15-13-20)18-8-10-19(11-9-18)23-16-17-6-4-3-5-7-17;1-21(2)14-12-19(13-15-21)18-8-10-20(11-9-18)22-16-17-6-4-3-5-7-17/h3-11,22H,12-16H2,1-2H3;3-12H,13-16H2,1-2H3. The number of hydrogen-bond donors (Lipinski definition) is 1. The lowest BCUT2D eigenvalue weighted by Gasteiger charge is -2.40. The Balaban J connectivity index is 0.000000178. The Hall–Kier alpha value is -3.82. The Labute approximate surface area is 270 Å². The van der Waals surface area contributed by atoms with E-state index in [1.165, 1.54) is 36.0 Å². The van der Waals surface area contributed by atoms with Crippen molar-refractivity contribution in [3.63, 3.8) is 0 Å². The second-order valence-electron chi connectivity index (χ2n) is 14.4. The van der Waals surface area contributed by atoms with Gasteiger partial charge < -0.3 is 14.6 Å². The molecule has 236 valence electrons. The molecule has 0 radical (unpaired) electrons. The molecule has 0 spiro atoms. The number of benzene rings is 4. The highest BCUT2D eigenvalue weighted by Crippen LogP contribution is 2.45. The van der Waals surface area contributed by atoms with Crippen LogP contribution in [-0.2, 0) is 18.8 Å². The van der Waals surface area contributed by atoms with E-state index in [4.69, 9.17) is 9.47 Å². The van der Waals surface area contributed by atoms with Gasteiger partial charge in [0.1, 0.15) is 24.7 Å². The molecule has 0 aromatic heterocycles. The maximum Gasteiger partial charge on any atom is 0.119 e. The van der Waals surface area contributed by atoms with Crippen molar-refractivity contribution in [3.05, 3.63) is 138 Å². The van der Waals surface area contributed by atoms with Crippen LogP contribution in [0.1, 0.15) is 94.9 Å². The second kappa shape index (κ2) is 14.5. The van der Waals surface area contributed by atoms with E-state index in [0.29, 0.717) is 24.0 Å². The van der Waals surface area contributed by atoms with Crippen molar-refractivity contribution in [2.45, 2.75) is 91.5 Å².